The van der Waals surface area contributed by atoms with E-state index in [0.717, 1.165) is 5.56 Å². The Balaban J connectivity index is 2.13. The monoisotopic (exact) mass is 323 g/mol. The number of carbonyl (C=O) groups excluding carboxylic acids is 1. The Morgan fingerprint density at radius 3 is 2.61 bits per heavy atom. The third-order valence-corrected chi connectivity index (χ3v) is 3.47. The molecule has 4 N–H and O–H groups in total. The highest BCUT2D eigenvalue weighted by Crippen LogP contribution is 2.37. The van der Waals surface area contributed by atoms with E-state index in [4.69, 9.17) is 20.9 Å². The van der Waals surface area contributed by atoms with Crippen LogP contribution in [0.25, 0.3) is 0 Å². The molecule has 1 amide bonds. The molecule has 0 saturated heterocycles. The molecule has 0 bridgehead atoms. The molecule has 0 radical (unpaired) electrons. The largest absolute Gasteiger partial charge is 0.469 e. The third kappa shape index (κ3) is 3.94. The number of aromatic nitrogens is 2. The molecule has 2 rings (SSSR count). The van der Waals surface area contributed by atoms with E-state index in [-0.39, 0.29) is 12.0 Å². The van der Waals surface area contributed by atoms with Gasteiger partial charge in [0.2, 0.25) is 11.8 Å². The van der Waals surface area contributed by atoms with Crippen molar-refractivity contribution in [2.45, 2.75) is 52.2 Å². The van der Waals surface area contributed by atoms with E-state index in [1.54, 1.807) is 4.90 Å². The number of likely N-dealkylation sites (N-methyl/N-ethyl adjacent to an activating group) is 1. The van der Waals surface area contributed by atoms with Crippen molar-refractivity contribution in [3.63, 3.8) is 0 Å². The molecule has 1 aromatic heterocycles. The average molecular weight is 323 g/mol. The van der Waals surface area contributed by atoms with Gasteiger partial charge in [-0.3, -0.25) is 0 Å². The number of amides is 1. The van der Waals surface area contributed by atoms with Crippen molar-refractivity contribution in [2.24, 2.45) is 0 Å². The first kappa shape index (κ1) is 17.1. The van der Waals surface area contributed by atoms with Gasteiger partial charge >= 0.3 is 6.09 Å². The molecule has 1 atom stereocenters. The number of anilines is 2. The van der Waals surface area contributed by atoms with E-state index in [2.05, 4.69) is 9.97 Å². The Morgan fingerprint density at radius 2 is 2.04 bits per heavy atom. The molecule has 0 saturated carbocycles. The second-order valence-electron chi connectivity index (χ2n) is 6.97. The summed E-state index contributed by atoms with van der Waals surface area (Å²) in [6.45, 7) is 10.2. The molecule has 0 aliphatic carbocycles. The molecule has 2 heterocycles. The van der Waals surface area contributed by atoms with Gasteiger partial charge in [-0.25, -0.2) is 4.79 Å². The van der Waals surface area contributed by atoms with Gasteiger partial charge in [0.05, 0.1) is 12.1 Å². The van der Waals surface area contributed by atoms with Gasteiger partial charge in [0.25, 0.3) is 0 Å². The lowest BCUT2D eigenvalue weighted by atomic mass is 9.99. The maximum atomic E-state index is 12.3. The number of ether oxygens (including phenoxy) is 2. The first-order valence-corrected chi connectivity index (χ1v) is 7.62. The number of hydrogen-bond acceptors (Lipinski definition) is 7. The number of hydrogen-bond donors (Lipinski definition) is 2. The molecule has 8 heteroatoms. The van der Waals surface area contributed by atoms with Gasteiger partial charge in [0.15, 0.2) is 0 Å². The smallest absolute Gasteiger partial charge is 0.410 e. The summed E-state index contributed by atoms with van der Waals surface area (Å²) < 4.78 is 11.3. The number of carbonyl (C=O) groups is 1. The average Bonchev–Trinajstić information content (AvgIpc) is 2.71. The van der Waals surface area contributed by atoms with Crippen LogP contribution < -0.4 is 16.2 Å². The molecule has 1 aliphatic rings. The summed E-state index contributed by atoms with van der Waals surface area (Å²) in [6, 6.07) is 0. The second kappa shape index (κ2) is 5.75. The summed E-state index contributed by atoms with van der Waals surface area (Å²) in [5.74, 6) is 0.777. The van der Waals surface area contributed by atoms with Crippen LogP contribution in [0.3, 0.4) is 0 Å². The maximum absolute atomic E-state index is 12.3. The van der Waals surface area contributed by atoms with E-state index < -0.39 is 11.2 Å². The number of nitrogen functional groups attached to an aromatic ring is 2. The van der Waals surface area contributed by atoms with Crippen LogP contribution in [0.4, 0.5) is 16.6 Å². The topological polar surface area (TPSA) is 117 Å². The molecular weight excluding hydrogens is 298 g/mol. The van der Waals surface area contributed by atoms with Crippen LogP contribution in [0.15, 0.2) is 0 Å². The molecular formula is C15H25N5O3. The number of nitrogens with zero attached hydrogens (tertiary/aromatic N) is 3. The first-order valence-electron chi connectivity index (χ1n) is 7.62. The Hall–Kier alpha value is -2.25. The fraction of sp³-hybridized carbons (Fsp3) is 0.667. The van der Waals surface area contributed by atoms with Gasteiger partial charge in [-0.2, -0.15) is 9.97 Å². The van der Waals surface area contributed by atoms with Crippen molar-refractivity contribution in [1.29, 1.82) is 0 Å². The fourth-order valence-corrected chi connectivity index (χ4v) is 2.51. The van der Waals surface area contributed by atoms with E-state index in [9.17, 15) is 4.79 Å². The molecule has 1 unspecified atom stereocenters. The van der Waals surface area contributed by atoms with E-state index >= 15 is 0 Å². The van der Waals surface area contributed by atoms with E-state index in [1.807, 2.05) is 34.6 Å². The van der Waals surface area contributed by atoms with Crippen molar-refractivity contribution in [3.05, 3.63) is 5.56 Å². The van der Waals surface area contributed by atoms with Crippen molar-refractivity contribution >= 4 is 17.9 Å². The van der Waals surface area contributed by atoms with Crippen molar-refractivity contribution in [3.8, 4) is 5.88 Å². The molecule has 0 fully saturated rings. The molecule has 0 aromatic carbocycles. The van der Waals surface area contributed by atoms with Crippen LogP contribution in [0, 0.1) is 0 Å². The standard InChI is InChI=1S/C15H25N5O3/c1-6-20(13(21)23-14(2,3)4)8-15(5)7-9-10(16)18-12(17)19-11(9)22-15/h6-8H2,1-5H3,(H4,16,17,18,19). The predicted octanol–water partition coefficient (Wildman–Crippen LogP) is 1.59. The number of rotatable bonds is 3. The Labute approximate surface area is 136 Å². The molecule has 1 aromatic rings. The van der Waals surface area contributed by atoms with Crippen LogP contribution in [-0.4, -0.2) is 45.3 Å². The first-order chi connectivity index (χ1) is 10.5. The predicted molar refractivity (Wildman–Crippen MR) is 87.1 cm³/mol. The minimum Gasteiger partial charge on any atom is -0.469 e. The van der Waals surface area contributed by atoms with Crippen LogP contribution in [0.2, 0.25) is 0 Å². The highest BCUT2D eigenvalue weighted by molar-refractivity contribution is 5.68. The van der Waals surface area contributed by atoms with Crippen molar-refractivity contribution < 1.29 is 14.3 Å². The SMILES string of the molecule is CCN(CC1(C)Cc2c(N)nc(N)nc2O1)C(=O)OC(C)(C)C. The lowest BCUT2D eigenvalue weighted by Crippen LogP contribution is -2.48. The Bertz CT molecular complexity index is 614. The lowest BCUT2D eigenvalue weighted by molar-refractivity contribution is 0.00552. The molecule has 1 aliphatic heterocycles. The lowest BCUT2D eigenvalue weighted by Gasteiger charge is -2.32. The molecule has 0 spiro atoms. The highest BCUT2D eigenvalue weighted by atomic mass is 16.6. The quantitative estimate of drug-likeness (QED) is 0.867. The van der Waals surface area contributed by atoms with Crippen molar-refractivity contribution in [2.75, 3.05) is 24.6 Å². The van der Waals surface area contributed by atoms with Gasteiger partial charge < -0.3 is 25.8 Å². The summed E-state index contributed by atoms with van der Waals surface area (Å²) in [7, 11) is 0. The van der Waals surface area contributed by atoms with Crippen LogP contribution in [0.1, 0.15) is 40.2 Å². The fourth-order valence-electron chi connectivity index (χ4n) is 2.51. The van der Waals surface area contributed by atoms with E-state index in [1.165, 1.54) is 0 Å². The summed E-state index contributed by atoms with van der Waals surface area (Å²) in [5.41, 5.74) is 11.0. The zero-order valence-electron chi connectivity index (χ0n) is 14.3. The van der Waals surface area contributed by atoms with Crippen molar-refractivity contribution in [1.82, 2.24) is 14.9 Å². The van der Waals surface area contributed by atoms with Crippen LogP contribution >= 0.6 is 0 Å². The number of fused-ring (bicyclic) bond motifs is 1. The zero-order chi connectivity index (χ0) is 17.4. The van der Waals surface area contributed by atoms with E-state index in [0.29, 0.717) is 31.2 Å². The summed E-state index contributed by atoms with van der Waals surface area (Å²) >= 11 is 0. The maximum Gasteiger partial charge on any atom is 0.410 e. The minimum absolute atomic E-state index is 0.0741. The number of nitrogens with two attached hydrogens (primary N) is 2. The molecule has 8 nitrogen and oxygen atoms in total. The summed E-state index contributed by atoms with van der Waals surface area (Å²) in [6.07, 6.45) is 0.132. The second-order valence-corrected chi connectivity index (χ2v) is 6.97. The van der Waals surface area contributed by atoms with Gasteiger partial charge in [-0.05, 0) is 34.6 Å². The van der Waals surface area contributed by atoms with Crippen LogP contribution in [-0.2, 0) is 11.2 Å². The highest BCUT2D eigenvalue weighted by Gasteiger charge is 2.40. The molecule has 23 heavy (non-hydrogen) atoms. The van der Waals surface area contributed by atoms with Gasteiger partial charge in [-0.1, -0.05) is 0 Å². The summed E-state index contributed by atoms with van der Waals surface area (Å²) in [5, 5.41) is 0. The minimum atomic E-state index is -0.647. The van der Waals surface area contributed by atoms with Gasteiger partial charge in [0, 0.05) is 13.0 Å². The zero-order valence-corrected chi connectivity index (χ0v) is 14.3. The third-order valence-electron chi connectivity index (χ3n) is 3.47. The normalized spacial score (nSPS) is 19.9. The van der Waals surface area contributed by atoms with Gasteiger partial charge in [0.1, 0.15) is 17.0 Å². The molecule has 128 valence electrons. The Kier molecular flexibility index (Phi) is 4.28. The van der Waals surface area contributed by atoms with Gasteiger partial charge in [-0.15, -0.1) is 0 Å². The Morgan fingerprint density at radius 1 is 1.39 bits per heavy atom. The summed E-state index contributed by atoms with van der Waals surface area (Å²) in [4.78, 5) is 21.9. The van der Waals surface area contributed by atoms with Crippen LogP contribution in [0.5, 0.6) is 5.88 Å².